The van der Waals surface area contributed by atoms with Crippen LogP contribution in [-0.2, 0) is 45.7 Å². The van der Waals surface area contributed by atoms with E-state index in [1.54, 1.807) is 18.2 Å². The molecular weight excluding hydrogens is 497 g/mol. The van der Waals surface area contributed by atoms with Gasteiger partial charge in [0.15, 0.2) is 0 Å². The first-order chi connectivity index (χ1) is 15.6. The number of urea groups is 1. The van der Waals surface area contributed by atoms with Crippen LogP contribution in [0.5, 0.6) is 0 Å². The van der Waals surface area contributed by atoms with Crippen molar-refractivity contribution in [2.75, 3.05) is 12.5 Å². The van der Waals surface area contributed by atoms with Crippen molar-refractivity contribution in [2.24, 2.45) is 0 Å². The fourth-order valence-electron chi connectivity index (χ4n) is 4.03. The monoisotopic (exact) mass is 520 g/mol. The van der Waals surface area contributed by atoms with Crippen LogP contribution in [0.3, 0.4) is 0 Å². The quantitative estimate of drug-likeness (QED) is 0.604. The van der Waals surface area contributed by atoms with Crippen LogP contribution in [0.1, 0.15) is 45.8 Å². The van der Waals surface area contributed by atoms with Crippen molar-refractivity contribution in [3.8, 4) is 0 Å². The van der Waals surface area contributed by atoms with Gasteiger partial charge >= 0.3 is 12.2 Å². The molecule has 1 atom stereocenters. The number of nitrogens with one attached hydrogen (secondary N) is 1. The van der Waals surface area contributed by atoms with E-state index < -0.39 is 50.5 Å². The Labute approximate surface area is 195 Å². The number of alkyl halides is 3. The zero-order chi connectivity index (χ0) is 25.5. The number of benzene rings is 2. The van der Waals surface area contributed by atoms with Crippen LogP contribution in [0.15, 0.2) is 36.4 Å². The SMILES string of the molecule is CS(=O)(=O)N(C(=O)NC1CCc2cc(Cc3cc(CO)cc(C(F)(F)F)c3)ccc21)S(C)(=O)=O. The average Bonchev–Trinajstić information content (AvgIpc) is 3.06. The van der Waals surface area contributed by atoms with Crippen LogP contribution in [0.25, 0.3) is 0 Å². The number of carbonyl (C=O) groups excluding carboxylic acids is 1. The number of aryl methyl sites for hydroxylation is 1. The second-order valence-electron chi connectivity index (χ2n) is 8.17. The summed E-state index contributed by atoms with van der Waals surface area (Å²) in [6.45, 7) is -0.527. The number of rotatable bonds is 6. The Kier molecular flexibility index (Phi) is 7.02. The van der Waals surface area contributed by atoms with Crippen molar-refractivity contribution >= 4 is 26.1 Å². The lowest BCUT2D eigenvalue weighted by atomic mass is 9.97. The molecule has 2 aromatic carbocycles. The molecule has 1 aliphatic rings. The maximum atomic E-state index is 13.2. The molecule has 186 valence electrons. The number of halogens is 3. The lowest BCUT2D eigenvalue weighted by molar-refractivity contribution is -0.137. The van der Waals surface area contributed by atoms with Crippen LogP contribution >= 0.6 is 0 Å². The van der Waals surface area contributed by atoms with Crippen molar-refractivity contribution in [3.63, 3.8) is 0 Å². The van der Waals surface area contributed by atoms with E-state index in [4.69, 9.17) is 0 Å². The maximum absolute atomic E-state index is 13.2. The molecule has 0 aliphatic heterocycles. The normalized spacial score (nSPS) is 16.2. The number of nitrogens with zero attached hydrogens (tertiary/aromatic N) is 1. The molecule has 2 amide bonds. The van der Waals surface area contributed by atoms with Crippen molar-refractivity contribution in [3.05, 3.63) is 69.8 Å². The Morgan fingerprint density at radius 2 is 1.65 bits per heavy atom. The van der Waals surface area contributed by atoms with Gasteiger partial charge in [-0.15, -0.1) is 3.71 Å². The van der Waals surface area contributed by atoms with Gasteiger partial charge in [0.1, 0.15) is 0 Å². The molecule has 0 saturated carbocycles. The molecule has 2 aromatic rings. The molecule has 0 spiro atoms. The number of hydrogen-bond donors (Lipinski definition) is 2. The van der Waals surface area contributed by atoms with Crippen LogP contribution in [0, 0.1) is 0 Å². The summed E-state index contributed by atoms with van der Waals surface area (Å²) in [4.78, 5) is 12.4. The smallest absolute Gasteiger partial charge is 0.392 e. The summed E-state index contributed by atoms with van der Waals surface area (Å²) >= 11 is 0. The lowest BCUT2D eigenvalue weighted by Gasteiger charge is -2.21. The van der Waals surface area contributed by atoms with Gasteiger partial charge in [0.2, 0.25) is 20.0 Å². The molecule has 0 fully saturated rings. The Morgan fingerprint density at radius 3 is 2.21 bits per heavy atom. The molecule has 13 heteroatoms. The highest BCUT2D eigenvalue weighted by molar-refractivity contribution is 8.04. The average molecular weight is 521 g/mol. The van der Waals surface area contributed by atoms with Gasteiger partial charge in [0.05, 0.1) is 30.7 Å². The van der Waals surface area contributed by atoms with Gasteiger partial charge in [0.25, 0.3) is 0 Å². The summed E-state index contributed by atoms with van der Waals surface area (Å²) in [7, 11) is -8.73. The molecular formula is C21H23F3N2O6S2. The molecule has 0 saturated heterocycles. The molecule has 8 nitrogen and oxygen atoms in total. The number of sulfonamides is 2. The van der Waals surface area contributed by atoms with Gasteiger partial charge in [-0.3, -0.25) is 0 Å². The predicted octanol–water partition coefficient (Wildman–Crippen LogP) is 2.71. The number of hydrogen-bond acceptors (Lipinski definition) is 6. The molecule has 0 heterocycles. The minimum Gasteiger partial charge on any atom is -0.392 e. The fourth-order valence-corrected chi connectivity index (χ4v) is 6.71. The number of amides is 2. The van der Waals surface area contributed by atoms with Gasteiger partial charge in [-0.1, -0.05) is 24.3 Å². The van der Waals surface area contributed by atoms with Crippen LogP contribution < -0.4 is 5.32 Å². The van der Waals surface area contributed by atoms with Gasteiger partial charge in [-0.05, 0) is 59.2 Å². The third-order valence-corrected chi connectivity index (χ3v) is 8.48. The molecule has 0 bridgehead atoms. The van der Waals surface area contributed by atoms with Crippen LogP contribution in [0.2, 0.25) is 0 Å². The molecule has 0 radical (unpaired) electrons. The number of aliphatic hydroxyl groups excluding tert-OH is 1. The first-order valence-corrected chi connectivity index (χ1v) is 13.7. The van der Waals surface area contributed by atoms with E-state index in [1.807, 2.05) is 0 Å². The first-order valence-electron chi connectivity index (χ1n) is 10.0. The Morgan fingerprint density at radius 1 is 1.03 bits per heavy atom. The summed E-state index contributed by atoms with van der Waals surface area (Å²) < 4.78 is 86.4. The van der Waals surface area contributed by atoms with E-state index in [-0.39, 0.29) is 15.7 Å². The summed E-state index contributed by atoms with van der Waals surface area (Å²) in [6, 6.07) is 6.64. The van der Waals surface area contributed by atoms with E-state index in [0.29, 0.717) is 42.0 Å². The largest absolute Gasteiger partial charge is 0.416 e. The number of aliphatic hydroxyl groups is 1. The van der Waals surface area contributed by atoms with Gasteiger partial charge < -0.3 is 10.4 Å². The van der Waals surface area contributed by atoms with Crippen LogP contribution in [-0.4, -0.2) is 44.2 Å². The standard InChI is InChI=1S/C21H23F3N2O6S2/c1-33(29,30)26(34(2,31)32)20(28)25-19-6-4-16-9-13(3-5-18(16)19)7-14-8-15(12-27)11-17(10-14)21(22,23)24/h3,5,8-11,19,27H,4,6-7,12H2,1-2H3,(H,25,28). The molecule has 0 aromatic heterocycles. The molecule has 1 unspecified atom stereocenters. The van der Waals surface area contributed by atoms with E-state index in [0.717, 1.165) is 17.7 Å². The highest BCUT2D eigenvalue weighted by Crippen LogP contribution is 2.34. The summed E-state index contributed by atoms with van der Waals surface area (Å²) in [5, 5.41) is 11.7. The molecule has 3 rings (SSSR count). The Bertz CT molecular complexity index is 1290. The summed E-state index contributed by atoms with van der Waals surface area (Å²) in [5.74, 6) is 0. The van der Waals surface area contributed by atoms with Gasteiger partial charge in [-0.25, -0.2) is 21.6 Å². The minimum absolute atomic E-state index is 0.148. The van der Waals surface area contributed by atoms with Crippen molar-refractivity contribution < 1.29 is 39.9 Å². The Balaban J connectivity index is 1.82. The molecule has 34 heavy (non-hydrogen) atoms. The van der Waals surface area contributed by atoms with Gasteiger partial charge in [0, 0.05) is 0 Å². The zero-order valence-corrected chi connectivity index (χ0v) is 19.9. The van der Waals surface area contributed by atoms with E-state index in [1.165, 1.54) is 6.07 Å². The van der Waals surface area contributed by atoms with Crippen molar-refractivity contribution in [1.29, 1.82) is 0 Å². The lowest BCUT2D eigenvalue weighted by Crippen LogP contribution is -2.47. The zero-order valence-electron chi connectivity index (χ0n) is 18.3. The van der Waals surface area contributed by atoms with E-state index in [2.05, 4.69) is 5.32 Å². The first kappa shape index (κ1) is 26.0. The van der Waals surface area contributed by atoms with Gasteiger partial charge in [-0.2, -0.15) is 13.2 Å². The highest BCUT2D eigenvalue weighted by Gasteiger charge is 2.35. The third kappa shape index (κ3) is 5.88. The number of carbonyl (C=O) groups is 1. The molecule has 2 N–H and O–H groups in total. The van der Waals surface area contributed by atoms with E-state index in [9.17, 15) is 39.9 Å². The van der Waals surface area contributed by atoms with Crippen molar-refractivity contribution in [1.82, 2.24) is 9.03 Å². The maximum Gasteiger partial charge on any atom is 0.416 e. The summed E-state index contributed by atoms with van der Waals surface area (Å²) in [5.41, 5.74) is 1.86. The third-order valence-electron chi connectivity index (χ3n) is 5.32. The Hall–Kier alpha value is -2.64. The van der Waals surface area contributed by atoms with Crippen LogP contribution in [0.4, 0.5) is 18.0 Å². The van der Waals surface area contributed by atoms with Crippen molar-refractivity contribution in [2.45, 2.75) is 38.1 Å². The highest BCUT2D eigenvalue weighted by atomic mass is 32.3. The second kappa shape index (κ2) is 9.19. The fraction of sp³-hybridized carbons (Fsp3) is 0.381. The summed E-state index contributed by atoms with van der Waals surface area (Å²) in [6.07, 6.45) is -2.26. The van der Waals surface area contributed by atoms with E-state index >= 15 is 0 Å². The second-order valence-corrected chi connectivity index (χ2v) is 12.1. The topological polar surface area (TPSA) is 121 Å². The minimum atomic E-state index is -4.55. The molecule has 1 aliphatic carbocycles. The number of fused-ring (bicyclic) bond motifs is 1. The predicted molar refractivity (Wildman–Crippen MR) is 118 cm³/mol.